The van der Waals surface area contributed by atoms with Crippen LogP contribution in [-0.4, -0.2) is 29.2 Å². The Hall–Kier alpha value is -1.35. The van der Waals surface area contributed by atoms with Gasteiger partial charge >= 0.3 is 0 Å². The maximum atomic E-state index is 3.98. The summed E-state index contributed by atoms with van der Waals surface area (Å²) in [5.41, 5.74) is 2.42. The van der Waals surface area contributed by atoms with Gasteiger partial charge in [-0.1, -0.05) is 12.1 Å². The smallest absolute Gasteiger partial charge is 0.0653 e. The van der Waals surface area contributed by atoms with Crippen molar-refractivity contribution in [2.45, 2.75) is 6.54 Å². The minimum atomic E-state index is 0.967. The molecule has 0 saturated carbocycles. The molecule has 0 aliphatic carbocycles. The number of fused-ring (bicyclic) bond motifs is 1. The molecule has 0 unspecified atom stereocenters. The number of nitrogens with one attached hydrogen (secondary N) is 1. The monoisotopic (exact) mass is 175 g/mol. The fraction of sp³-hybridized carbons (Fsp3) is 0.300. The highest BCUT2D eigenvalue weighted by Crippen LogP contribution is 2.13. The Morgan fingerprint density at radius 1 is 1.38 bits per heavy atom. The second-order valence-electron chi connectivity index (χ2n) is 3.53. The molecule has 0 amide bonds. The highest BCUT2D eigenvalue weighted by molar-refractivity contribution is 5.78. The number of rotatable bonds is 2. The lowest BCUT2D eigenvalue weighted by atomic mass is 10.1. The number of hydrogen-bond acceptors (Lipinski definition) is 2. The van der Waals surface area contributed by atoms with Crippen LogP contribution < -0.4 is 0 Å². The van der Waals surface area contributed by atoms with E-state index in [-0.39, 0.29) is 0 Å². The predicted molar refractivity (Wildman–Crippen MR) is 53.5 cm³/mol. The Bertz CT molecular complexity index is 403. The Morgan fingerprint density at radius 3 is 3.00 bits per heavy atom. The molecule has 0 spiro atoms. The number of aromatic amines is 1. The maximum absolute atomic E-state index is 3.98. The van der Waals surface area contributed by atoms with Crippen LogP contribution in [-0.2, 0) is 6.54 Å². The van der Waals surface area contributed by atoms with Crippen LogP contribution in [0.1, 0.15) is 5.56 Å². The molecular weight excluding hydrogens is 162 g/mol. The van der Waals surface area contributed by atoms with Crippen LogP contribution in [0.15, 0.2) is 24.4 Å². The van der Waals surface area contributed by atoms with Gasteiger partial charge in [0, 0.05) is 11.9 Å². The van der Waals surface area contributed by atoms with Gasteiger partial charge in [0.2, 0.25) is 0 Å². The van der Waals surface area contributed by atoms with E-state index in [2.05, 4.69) is 47.4 Å². The summed E-state index contributed by atoms with van der Waals surface area (Å²) in [4.78, 5) is 2.15. The van der Waals surface area contributed by atoms with Gasteiger partial charge in [-0.25, -0.2) is 0 Å². The van der Waals surface area contributed by atoms with Crippen molar-refractivity contribution in [3.05, 3.63) is 30.0 Å². The van der Waals surface area contributed by atoms with E-state index >= 15 is 0 Å². The van der Waals surface area contributed by atoms with Crippen LogP contribution in [0.3, 0.4) is 0 Å². The van der Waals surface area contributed by atoms with Crippen molar-refractivity contribution in [1.29, 1.82) is 0 Å². The van der Waals surface area contributed by atoms with Gasteiger partial charge < -0.3 is 4.90 Å². The fourth-order valence-corrected chi connectivity index (χ4v) is 1.45. The van der Waals surface area contributed by atoms with Crippen molar-refractivity contribution in [2.24, 2.45) is 0 Å². The zero-order valence-corrected chi connectivity index (χ0v) is 7.91. The highest BCUT2D eigenvalue weighted by Gasteiger charge is 1.98. The molecule has 0 saturated heterocycles. The third-order valence-corrected chi connectivity index (χ3v) is 2.01. The van der Waals surface area contributed by atoms with Crippen molar-refractivity contribution >= 4 is 10.9 Å². The quantitative estimate of drug-likeness (QED) is 0.752. The van der Waals surface area contributed by atoms with Crippen molar-refractivity contribution in [3.63, 3.8) is 0 Å². The van der Waals surface area contributed by atoms with Gasteiger partial charge in [-0.05, 0) is 25.7 Å². The summed E-state index contributed by atoms with van der Waals surface area (Å²) < 4.78 is 0. The lowest BCUT2D eigenvalue weighted by molar-refractivity contribution is 0.402. The van der Waals surface area contributed by atoms with Gasteiger partial charge in [0.25, 0.3) is 0 Å². The number of H-pyrrole nitrogens is 1. The van der Waals surface area contributed by atoms with Crippen LogP contribution in [0.25, 0.3) is 10.9 Å². The van der Waals surface area contributed by atoms with Gasteiger partial charge in [0.1, 0.15) is 0 Å². The molecule has 0 bridgehead atoms. The SMILES string of the molecule is CN(C)Cc1ccc2cn[nH]c2c1. The average Bonchev–Trinajstić information content (AvgIpc) is 2.49. The Labute approximate surface area is 77.4 Å². The van der Waals surface area contributed by atoms with E-state index in [0.717, 1.165) is 12.1 Å². The standard InChI is InChI=1S/C10H13N3/c1-13(2)7-8-3-4-9-6-11-12-10(9)5-8/h3-6H,7H2,1-2H3,(H,11,12). The second kappa shape index (κ2) is 3.18. The van der Waals surface area contributed by atoms with Crippen molar-refractivity contribution in [3.8, 4) is 0 Å². The van der Waals surface area contributed by atoms with Crippen molar-refractivity contribution < 1.29 is 0 Å². The first-order valence-electron chi connectivity index (χ1n) is 4.32. The molecule has 2 rings (SSSR count). The summed E-state index contributed by atoms with van der Waals surface area (Å²) in [7, 11) is 4.13. The lowest BCUT2D eigenvalue weighted by Gasteiger charge is -2.08. The van der Waals surface area contributed by atoms with E-state index in [1.807, 2.05) is 6.20 Å². The lowest BCUT2D eigenvalue weighted by Crippen LogP contribution is -2.10. The molecule has 0 aliphatic rings. The minimum absolute atomic E-state index is 0.967. The third kappa shape index (κ3) is 1.70. The molecule has 0 atom stereocenters. The topological polar surface area (TPSA) is 31.9 Å². The molecule has 1 heterocycles. The second-order valence-corrected chi connectivity index (χ2v) is 3.53. The average molecular weight is 175 g/mol. The first-order chi connectivity index (χ1) is 6.25. The zero-order chi connectivity index (χ0) is 9.26. The number of hydrogen-bond donors (Lipinski definition) is 1. The first kappa shape index (κ1) is 8.26. The first-order valence-corrected chi connectivity index (χ1v) is 4.32. The summed E-state index contributed by atoms with van der Waals surface area (Å²) in [6.45, 7) is 0.967. The van der Waals surface area contributed by atoms with Crippen LogP contribution in [0.4, 0.5) is 0 Å². The van der Waals surface area contributed by atoms with E-state index in [4.69, 9.17) is 0 Å². The van der Waals surface area contributed by atoms with Gasteiger partial charge in [0.15, 0.2) is 0 Å². The van der Waals surface area contributed by atoms with E-state index in [9.17, 15) is 0 Å². The minimum Gasteiger partial charge on any atom is -0.305 e. The summed E-state index contributed by atoms with van der Waals surface area (Å²) >= 11 is 0. The van der Waals surface area contributed by atoms with E-state index in [1.165, 1.54) is 10.9 Å². The molecule has 0 radical (unpaired) electrons. The molecule has 2 aromatic rings. The molecule has 0 fully saturated rings. The van der Waals surface area contributed by atoms with Crippen LogP contribution in [0.2, 0.25) is 0 Å². The molecule has 0 aliphatic heterocycles. The van der Waals surface area contributed by atoms with E-state index in [1.54, 1.807) is 0 Å². The van der Waals surface area contributed by atoms with Crippen LogP contribution >= 0.6 is 0 Å². The summed E-state index contributed by atoms with van der Waals surface area (Å²) in [5.74, 6) is 0. The molecule has 1 N–H and O–H groups in total. The number of benzene rings is 1. The predicted octanol–water partition coefficient (Wildman–Crippen LogP) is 1.62. The molecule has 3 heteroatoms. The van der Waals surface area contributed by atoms with Crippen LogP contribution in [0, 0.1) is 0 Å². The van der Waals surface area contributed by atoms with Crippen molar-refractivity contribution in [1.82, 2.24) is 15.1 Å². The van der Waals surface area contributed by atoms with Gasteiger partial charge in [-0.15, -0.1) is 0 Å². The molecule has 1 aromatic heterocycles. The maximum Gasteiger partial charge on any atom is 0.0653 e. The largest absolute Gasteiger partial charge is 0.305 e. The Morgan fingerprint density at radius 2 is 2.23 bits per heavy atom. The van der Waals surface area contributed by atoms with Crippen molar-refractivity contribution in [2.75, 3.05) is 14.1 Å². The molecule has 13 heavy (non-hydrogen) atoms. The van der Waals surface area contributed by atoms with E-state index in [0.29, 0.717) is 0 Å². The normalized spacial score (nSPS) is 11.3. The molecular formula is C10H13N3. The van der Waals surface area contributed by atoms with E-state index < -0.39 is 0 Å². The summed E-state index contributed by atoms with van der Waals surface area (Å²) in [5, 5.41) is 8.12. The molecule has 68 valence electrons. The Balaban J connectivity index is 2.37. The van der Waals surface area contributed by atoms with Gasteiger partial charge in [0.05, 0.1) is 11.7 Å². The highest BCUT2D eigenvalue weighted by atomic mass is 15.1. The summed E-state index contributed by atoms with van der Waals surface area (Å²) in [6, 6.07) is 6.37. The zero-order valence-electron chi connectivity index (χ0n) is 7.91. The summed E-state index contributed by atoms with van der Waals surface area (Å²) in [6.07, 6.45) is 1.84. The number of aromatic nitrogens is 2. The number of nitrogens with zero attached hydrogens (tertiary/aromatic N) is 2. The Kier molecular flexibility index (Phi) is 2.02. The molecule has 3 nitrogen and oxygen atoms in total. The van der Waals surface area contributed by atoms with Gasteiger partial charge in [-0.3, -0.25) is 5.10 Å². The van der Waals surface area contributed by atoms with Gasteiger partial charge in [-0.2, -0.15) is 5.10 Å². The fourth-order valence-electron chi connectivity index (χ4n) is 1.45. The third-order valence-electron chi connectivity index (χ3n) is 2.01. The molecule has 1 aromatic carbocycles. The van der Waals surface area contributed by atoms with Crippen LogP contribution in [0.5, 0.6) is 0 Å².